The fourth-order valence-electron chi connectivity index (χ4n) is 4.08. The van der Waals surface area contributed by atoms with E-state index in [-0.39, 0.29) is 10.8 Å². The Morgan fingerprint density at radius 2 is 1.85 bits per heavy atom. The Morgan fingerprint density at radius 1 is 1.12 bits per heavy atom. The van der Waals surface area contributed by atoms with Crippen molar-refractivity contribution >= 4 is 27.3 Å². The van der Waals surface area contributed by atoms with E-state index in [2.05, 4.69) is 10.0 Å². The number of benzene rings is 2. The minimum absolute atomic E-state index is 0.000568. The maximum Gasteiger partial charge on any atom is 0.262 e. The topological polar surface area (TPSA) is 75.3 Å². The van der Waals surface area contributed by atoms with Crippen molar-refractivity contribution in [1.29, 1.82) is 0 Å². The zero-order chi connectivity index (χ0) is 18.5. The summed E-state index contributed by atoms with van der Waals surface area (Å²) in [6, 6.07) is 8.67. The Kier molecular flexibility index (Phi) is 3.80. The summed E-state index contributed by atoms with van der Waals surface area (Å²) in [5.41, 5.74) is 1.80. The molecule has 2 aromatic carbocycles. The molecule has 2 aliphatic rings. The molecule has 1 fully saturated rings. The van der Waals surface area contributed by atoms with Crippen LogP contribution in [0.2, 0.25) is 0 Å². The highest BCUT2D eigenvalue weighted by Crippen LogP contribution is 2.49. The molecule has 0 aromatic heterocycles. The fraction of sp³-hybridized carbons (Fsp3) is 0.316. The number of amides is 1. The summed E-state index contributed by atoms with van der Waals surface area (Å²) in [6.45, 7) is 1.55. The minimum atomic E-state index is -3.85. The van der Waals surface area contributed by atoms with E-state index in [0.29, 0.717) is 11.3 Å². The third-order valence-electron chi connectivity index (χ3n) is 5.35. The van der Waals surface area contributed by atoms with Gasteiger partial charge in [0.2, 0.25) is 5.91 Å². The number of nitrogens with one attached hydrogen (secondary N) is 2. The average Bonchev–Trinajstić information content (AvgIpc) is 3.15. The van der Waals surface area contributed by atoms with E-state index in [1.54, 1.807) is 25.1 Å². The molecular formula is C19H19FN2O3S. The molecule has 1 saturated carbocycles. The number of aryl methyl sites for hydroxylation is 1. The number of rotatable bonds is 3. The number of hydrogen-bond donors (Lipinski definition) is 2. The normalized spacial score (nSPS) is 18.0. The Bertz CT molecular complexity index is 1010. The Balaban J connectivity index is 1.70. The smallest absolute Gasteiger partial charge is 0.262 e. The van der Waals surface area contributed by atoms with Crippen molar-refractivity contribution in [3.8, 4) is 0 Å². The summed E-state index contributed by atoms with van der Waals surface area (Å²) in [4.78, 5) is 12.5. The second kappa shape index (κ2) is 5.81. The zero-order valence-electron chi connectivity index (χ0n) is 14.3. The summed E-state index contributed by atoms with van der Waals surface area (Å²) < 4.78 is 41.2. The van der Waals surface area contributed by atoms with Gasteiger partial charge in [0.05, 0.1) is 10.3 Å². The van der Waals surface area contributed by atoms with Crippen molar-refractivity contribution < 1.29 is 17.6 Å². The Hall–Kier alpha value is -2.41. The highest BCUT2D eigenvalue weighted by atomic mass is 32.2. The molecule has 2 N–H and O–H groups in total. The van der Waals surface area contributed by atoms with Gasteiger partial charge < -0.3 is 5.32 Å². The average molecular weight is 374 g/mol. The van der Waals surface area contributed by atoms with Crippen LogP contribution in [-0.4, -0.2) is 14.3 Å². The van der Waals surface area contributed by atoms with E-state index in [1.807, 2.05) is 0 Å². The van der Waals surface area contributed by atoms with Gasteiger partial charge in [-0.3, -0.25) is 9.52 Å². The highest BCUT2D eigenvalue weighted by Gasteiger charge is 2.48. The van der Waals surface area contributed by atoms with Crippen LogP contribution in [-0.2, 0) is 20.2 Å². The molecule has 4 rings (SSSR count). The second-order valence-corrected chi connectivity index (χ2v) is 8.67. The highest BCUT2D eigenvalue weighted by molar-refractivity contribution is 7.92. The first-order valence-electron chi connectivity index (χ1n) is 8.57. The Morgan fingerprint density at radius 3 is 2.54 bits per heavy atom. The van der Waals surface area contributed by atoms with Gasteiger partial charge in [0.25, 0.3) is 10.0 Å². The third-order valence-corrected chi connectivity index (χ3v) is 6.90. The van der Waals surface area contributed by atoms with Crippen LogP contribution in [0.15, 0.2) is 41.3 Å². The van der Waals surface area contributed by atoms with E-state index >= 15 is 0 Å². The lowest BCUT2D eigenvalue weighted by atomic mass is 9.80. The molecule has 0 saturated heterocycles. The molecule has 0 radical (unpaired) electrons. The predicted octanol–water partition coefficient (Wildman–Crippen LogP) is 3.70. The van der Waals surface area contributed by atoms with Crippen LogP contribution in [0.5, 0.6) is 0 Å². The van der Waals surface area contributed by atoms with Crippen LogP contribution >= 0.6 is 0 Å². The number of hydrogen-bond acceptors (Lipinski definition) is 3. The first kappa shape index (κ1) is 17.0. The molecule has 0 atom stereocenters. The maximum atomic E-state index is 13.3. The van der Waals surface area contributed by atoms with Gasteiger partial charge >= 0.3 is 0 Å². The van der Waals surface area contributed by atoms with Gasteiger partial charge in [-0.1, -0.05) is 12.8 Å². The van der Waals surface area contributed by atoms with Gasteiger partial charge in [0.15, 0.2) is 0 Å². The summed E-state index contributed by atoms with van der Waals surface area (Å²) in [5.74, 6) is -0.480. The molecule has 1 aliphatic heterocycles. The number of carbonyl (C=O) groups is 1. The summed E-state index contributed by atoms with van der Waals surface area (Å²) in [7, 11) is -3.85. The van der Waals surface area contributed by atoms with Crippen LogP contribution < -0.4 is 10.0 Å². The minimum Gasteiger partial charge on any atom is -0.325 e. The number of halogens is 1. The summed E-state index contributed by atoms with van der Waals surface area (Å²) in [5, 5.41) is 2.91. The number of carbonyl (C=O) groups excluding carboxylic acids is 1. The molecular weight excluding hydrogens is 355 g/mol. The van der Waals surface area contributed by atoms with Crippen molar-refractivity contribution in [2.45, 2.75) is 42.9 Å². The van der Waals surface area contributed by atoms with Gasteiger partial charge in [-0.2, -0.15) is 0 Å². The number of fused-ring (bicyclic) bond motifs is 2. The fourth-order valence-corrected chi connectivity index (χ4v) is 5.35. The van der Waals surface area contributed by atoms with Crippen molar-refractivity contribution in [2.24, 2.45) is 0 Å². The van der Waals surface area contributed by atoms with Crippen molar-refractivity contribution in [1.82, 2.24) is 0 Å². The van der Waals surface area contributed by atoms with Crippen LogP contribution in [0, 0.1) is 12.7 Å². The molecule has 7 heteroatoms. The summed E-state index contributed by atoms with van der Waals surface area (Å²) >= 11 is 0. The van der Waals surface area contributed by atoms with Crippen LogP contribution in [0.3, 0.4) is 0 Å². The molecule has 1 amide bonds. The number of anilines is 2. The van der Waals surface area contributed by atoms with Crippen LogP contribution in [0.4, 0.5) is 15.8 Å². The summed E-state index contributed by atoms with van der Waals surface area (Å²) in [6.07, 6.45) is 3.52. The van der Waals surface area contributed by atoms with Crippen LogP contribution in [0.1, 0.15) is 36.8 Å². The SMILES string of the molecule is Cc1cc(F)ccc1S(=O)(=O)Nc1ccc2c(c1)C1(CCCC1)C(=O)N2. The first-order valence-corrected chi connectivity index (χ1v) is 10.1. The maximum absolute atomic E-state index is 13.3. The quantitative estimate of drug-likeness (QED) is 0.860. The lowest BCUT2D eigenvalue weighted by molar-refractivity contribution is -0.120. The number of sulfonamides is 1. The van der Waals surface area contributed by atoms with Gasteiger partial charge in [-0.05, 0) is 67.3 Å². The van der Waals surface area contributed by atoms with E-state index in [0.717, 1.165) is 43.0 Å². The lowest BCUT2D eigenvalue weighted by Crippen LogP contribution is -2.31. The molecule has 0 bridgehead atoms. The third kappa shape index (κ3) is 2.58. The van der Waals surface area contributed by atoms with Crippen molar-refractivity contribution in [3.63, 3.8) is 0 Å². The molecule has 1 aliphatic carbocycles. The van der Waals surface area contributed by atoms with Gasteiger partial charge in [-0.25, -0.2) is 12.8 Å². The molecule has 0 unspecified atom stereocenters. The zero-order valence-corrected chi connectivity index (χ0v) is 15.1. The van der Waals surface area contributed by atoms with E-state index in [1.165, 1.54) is 12.1 Å². The van der Waals surface area contributed by atoms with E-state index in [9.17, 15) is 17.6 Å². The van der Waals surface area contributed by atoms with E-state index < -0.39 is 21.3 Å². The van der Waals surface area contributed by atoms with Crippen molar-refractivity contribution in [2.75, 3.05) is 10.0 Å². The lowest BCUT2D eigenvalue weighted by Gasteiger charge is -2.21. The molecule has 5 nitrogen and oxygen atoms in total. The molecule has 26 heavy (non-hydrogen) atoms. The van der Waals surface area contributed by atoms with Gasteiger partial charge in [0, 0.05) is 11.4 Å². The second-order valence-electron chi connectivity index (χ2n) is 7.02. The molecule has 1 heterocycles. The molecule has 2 aromatic rings. The molecule has 136 valence electrons. The Labute approximate surface area is 151 Å². The monoisotopic (exact) mass is 374 g/mol. The van der Waals surface area contributed by atoms with Crippen molar-refractivity contribution in [3.05, 3.63) is 53.3 Å². The van der Waals surface area contributed by atoms with Gasteiger partial charge in [0.1, 0.15) is 5.82 Å². The first-order chi connectivity index (χ1) is 12.3. The van der Waals surface area contributed by atoms with Gasteiger partial charge in [-0.15, -0.1) is 0 Å². The largest absolute Gasteiger partial charge is 0.325 e. The van der Waals surface area contributed by atoms with Crippen LogP contribution in [0.25, 0.3) is 0 Å². The molecule has 1 spiro atoms. The van der Waals surface area contributed by atoms with E-state index in [4.69, 9.17) is 0 Å². The predicted molar refractivity (Wildman–Crippen MR) is 97.2 cm³/mol. The standard InChI is InChI=1S/C19H19FN2O3S/c1-12-10-13(20)4-7-17(12)26(24,25)22-14-5-6-16-15(11-14)19(18(23)21-16)8-2-3-9-19/h4-7,10-11,22H,2-3,8-9H2,1H3,(H,21,23).